The second-order valence-corrected chi connectivity index (χ2v) is 9.70. The van der Waals surface area contributed by atoms with E-state index in [4.69, 9.17) is 0 Å². The molecule has 2 aromatic rings. The lowest BCUT2D eigenvalue weighted by Gasteiger charge is -2.33. The topological polar surface area (TPSA) is 58.2 Å². The van der Waals surface area contributed by atoms with Crippen molar-refractivity contribution in [2.75, 3.05) is 0 Å². The number of amides is 2. The molecule has 28 heavy (non-hydrogen) atoms. The van der Waals surface area contributed by atoms with Crippen LogP contribution in [-0.2, 0) is 0 Å². The first kappa shape index (κ1) is 21.5. The molecule has 4 nitrogen and oxygen atoms in total. The number of nitrogens with one attached hydrogen (secondary N) is 2. The van der Waals surface area contributed by atoms with Crippen LogP contribution in [0.3, 0.4) is 0 Å². The number of halogens is 2. The van der Waals surface area contributed by atoms with Gasteiger partial charge in [-0.15, -0.1) is 0 Å². The molecule has 2 aromatic carbocycles. The van der Waals surface area contributed by atoms with Crippen molar-refractivity contribution in [1.82, 2.24) is 10.6 Å². The maximum absolute atomic E-state index is 12.7. The average molecular weight is 602 g/mol. The quantitative estimate of drug-likeness (QED) is 0.486. The normalized spacial score (nSPS) is 19.1. The van der Waals surface area contributed by atoms with E-state index < -0.39 is 0 Å². The lowest BCUT2D eigenvalue weighted by atomic mass is 9.89. The first-order valence-electron chi connectivity index (χ1n) is 9.49. The summed E-state index contributed by atoms with van der Waals surface area (Å²) in [6.45, 7) is 4.06. The zero-order chi connectivity index (χ0) is 20.3. The fourth-order valence-corrected chi connectivity index (χ4v) is 4.48. The molecule has 0 radical (unpaired) electrons. The summed E-state index contributed by atoms with van der Waals surface area (Å²) in [5.74, 6) is -0.150. The van der Waals surface area contributed by atoms with Crippen LogP contribution in [0, 0.1) is 21.0 Å². The summed E-state index contributed by atoms with van der Waals surface area (Å²) in [6, 6.07) is 11.4. The summed E-state index contributed by atoms with van der Waals surface area (Å²) in [6.07, 6.45) is 3.88. The predicted molar refractivity (Wildman–Crippen MR) is 129 cm³/mol. The highest BCUT2D eigenvalue weighted by Crippen LogP contribution is 2.21. The van der Waals surface area contributed by atoms with Gasteiger partial charge in [-0.25, -0.2) is 0 Å². The molecule has 0 bridgehead atoms. The van der Waals surface area contributed by atoms with Gasteiger partial charge in [0.1, 0.15) is 0 Å². The fourth-order valence-electron chi connectivity index (χ4n) is 3.45. The van der Waals surface area contributed by atoms with Gasteiger partial charge in [0.15, 0.2) is 0 Å². The standard InChI is InChI=1S/C22H24I2N2O2/c1-13-7-9-15(11-17(13)23)21(27)25-19-5-3-4-6-20(19)26-22(28)16-10-8-14(2)18(24)12-16/h7-12,19-20H,3-6H2,1-2H3,(H,25,27)(H,26,28). The molecule has 1 aliphatic carbocycles. The number of hydrogen-bond acceptors (Lipinski definition) is 2. The Balaban J connectivity index is 1.69. The molecular weight excluding hydrogens is 578 g/mol. The van der Waals surface area contributed by atoms with E-state index in [-0.39, 0.29) is 23.9 Å². The van der Waals surface area contributed by atoms with Gasteiger partial charge >= 0.3 is 0 Å². The Kier molecular flexibility index (Phi) is 7.36. The summed E-state index contributed by atoms with van der Waals surface area (Å²) >= 11 is 4.50. The first-order valence-corrected chi connectivity index (χ1v) is 11.6. The third-order valence-electron chi connectivity index (χ3n) is 5.27. The highest BCUT2D eigenvalue weighted by atomic mass is 127. The molecule has 2 unspecified atom stereocenters. The van der Waals surface area contributed by atoms with Crippen LogP contribution in [0.15, 0.2) is 36.4 Å². The third-order valence-corrected chi connectivity index (χ3v) is 7.59. The van der Waals surface area contributed by atoms with Crippen LogP contribution in [0.2, 0.25) is 0 Å². The van der Waals surface area contributed by atoms with Crippen LogP contribution in [0.1, 0.15) is 57.5 Å². The Morgan fingerprint density at radius 2 is 1.18 bits per heavy atom. The van der Waals surface area contributed by atoms with E-state index in [1.807, 2.05) is 50.2 Å². The molecule has 0 spiro atoms. The maximum atomic E-state index is 12.7. The van der Waals surface area contributed by atoms with Crippen molar-refractivity contribution in [3.05, 3.63) is 65.8 Å². The minimum absolute atomic E-state index is 0.0475. The van der Waals surface area contributed by atoms with E-state index in [9.17, 15) is 9.59 Å². The molecule has 1 saturated carbocycles. The zero-order valence-corrected chi connectivity index (χ0v) is 20.3. The van der Waals surface area contributed by atoms with Crippen LogP contribution in [-0.4, -0.2) is 23.9 Å². The number of rotatable bonds is 4. The second-order valence-electron chi connectivity index (χ2n) is 7.37. The van der Waals surface area contributed by atoms with Crippen LogP contribution in [0.5, 0.6) is 0 Å². The van der Waals surface area contributed by atoms with E-state index in [1.165, 1.54) is 0 Å². The fraction of sp³-hybridized carbons (Fsp3) is 0.364. The molecule has 6 heteroatoms. The smallest absolute Gasteiger partial charge is 0.251 e. The third kappa shape index (κ3) is 5.25. The highest BCUT2D eigenvalue weighted by molar-refractivity contribution is 14.1. The molecular formula is C22H24I2N2O2. The van der Waals surface area contributed by atoms with Crippen molar-refractivity contribution >= 4 is 57.0 Å². The minimum Gasteiger partial charge on any atom is -0.347 e. The number of aryl methyl sites for hydroxylation is 2. The minimum atomic E-state index is -0.0750. The summed E-state index contributed by atoms with van der Waals surface area (Å²) in [7, 11) is 0. The van der Waals surface area contributed by atoms with Crippen LogP contribution in [0.4, 0.5) is 0 Å². The van der Waals surface area contributed by atoms with Gasteiger partial charge in [-0.3, -0.25) is 9.59 Å². The van der Waals surface area contributed by atoms with E-state index in [0.717, 1.165) is 44.0 Å². The van der Waals surface area contributed by atoms with Gasteiger partial charge in [0.05, 0.1) is 0 Å². The lowest BCUT2D eigenvalue weighted by molar-refractivity contribution is 0.0862. The van der Waals surface area contributed by atoms with E-state index in [1.54, 1.807) is 0 Å². The average Bonchev–Trinajstić information content (AvgIpc) is 2.67. The molecule has 2 atom stereocenters. The number of carbonyl (C=O) groups excluding carboxylic acids is 2. The Labute approximate surface area is 193 Å². The molecule has 0 aromatic heterocycles. The Morgan fingerprint density at radius 3 is 1.54 bits per heavy atom. The molecule has 2 amide bonds. The van der Waals surface area contributed by atoms with Crippen molar-refractivity contribution < 1.29 is 9.59 Å². The first-order chi connectivity index (χ1) is 13.3. The number of hydrogen-bond donors (Lipinski definition) is 2. The van der Waals surface area contributed by atoms with Gasteiger partial charge in [0.2, 0.25) is 0 Å². The monoisotopic (exact) mass is 602 g/mol. The number of benzene rings is 2. The van der Waals surface area contributed by atoms with Crippen molar-refractivity contribution in [2.24, 2.45) is 0 Å². The molecule has 3 rings (SSSR count). The zero-order valence-electron chi connectivity index (χ0n) is 16.0. The van der Waals surface area contributed by atoms with E-state index in [0.29, 0.717) is 11.1 Å². The highest BCUT2D eigenvalue weighted by Gasteiger charge is 2.28. The SMILES string of the molecule is Cc1ccc(C(=O)NC2CCCCC2NC(=O)c2ccc(C)c(I)c2)cc1I. The summed E-state index contributed by atoms with van der Waals surface area (Å²) < 4.78 is 2.15. The van der Waals surface area contributed by atoms with Crippen molar-refractivity contribution in [1.29, 1.82) is 0 Å². The lowest BCUT2D eigenvalue weighted by Crippen LogP contribution is -2.53. The molecule has 2 N–H and O–H groups in total. The molecule has 148 valence electrons. The molecule has 1 fully saturated rings. The summed E-state index contributed by atoms with van der Waals surface area (Å²) in [5, 5.41) is 6.30. The molecule has 0 heterocycles. The predicted octanol–water partition coefficient (Wildman–Crippen LogP) is 4.98. The van der Waals surface area contributed by atoms with Crippen molar-refractivity contribution in [3.8, 4) is 0 Å². The van der Waals surface area contributed by atoms with E-state index in [2.05, 4.69) is 55.8 Å². The van der Waals surface area contributed by atoms with Gasteiger partial charge in [-0.05, 0) is 107 Å². The van der Waals surface area contributed by atoms with Crippen molar-refractivity contribution in [3.63, 3.8) is 0 Å². The van der Waals surface area contributed by atoms with Crippen molar-refractivity contribution in [2.45, 2.75) is 51.6 Å². The van der Waals surface area contributed by atoms with Gasteiger partial charge in [0, 0.05) is 30.4 Å². The van der Waals surface area contributed by atoms with Crippen LogP contribution < -0.4 is 10.6 Å². The van der Waals surface area contributed by atoms with Gasteiger partial charge < -0.3 is 10.6 Å². The Hall–Kier alpha value is -1.16. The van der Waals surface area contributed by atoms with Crippen LogP contribution >= 0.6 is 45.2 Å². The second kappa shape index (κ2) is 9.56. The summed E-state index contributed by atoms with van der Waals surface area (Å²) in [4.78, 5) is 25.5. The summed E-state index contributed by atoms with van der Waals surface area (Å²) in [5.41, 5.74) is 3.65. The van der Waals surface area contributed by atoms with Gasteiger partial charge in [-0.2, -0.15) is 0 Å². The number of carbonyl (C=O) groups is 2. The Morgan fingerprint density at radius 1 is 0.786 bits per heavy atom. The molecule has 0 saturated heterocycles. The van der Waals surface area contributed by atoms with Gasteiger partial charge in [-0.1, -0.05) is 25.0 Å². The van der Waals surface area contributed by atoms with Crippen LogP contribution in [0.25, 0.3) is 0 Å². The largest absolute Gasteiger partial charge is 0.347 e. The maximum Gasteiger partial charge on any atom is 0.251 e. The molecule has 1 aliphatic rings. The molecule has 0 aliphatic heterocycles. The van der Waals surface area contributed by atoms with E-state index >= 15 is 0 Å². The van der Waals surface area contributed by atoms with Gasteiger partial charge in [0.25, 0.3) is 11.8 Å². The Bertz CT molecular complexity index is 825.